The van der Waals surface area contributed by atoms with Crippen molar-refractivity contribution in [2.45, 2.75) is 45.1 Å². The maximum atomic E-state index is 12.4. The monoisotopic (exact) mass is 345 g/mol. The van der Waals surface area contributed by atoms with Gasteiger partial charge in [-0.15, -0.1) is 0 Å². The Morgan fingerprint density at radius 2 is 2.08 bits per heavy atom. The van der Waals surface area contributed by atoms with E-state index in [1.165, 1.54) is 0 Å². The highest BCUT2D eigenvalue weighted by atomic mass is 16.5. The van der Waals surface area contributed by atoms with Crippen molar-refractivity contribution in [2.24, 2.45) is 11.8 Å². The summed E-state index contributed by atoms with van der Waals surface area (Å²) in [5.41, 5.74) is 0.700. The Balaban J connectivity index is 2.39. The van der Waals surface area contributed by atoms with Crippen LogP contribution in [0.3, 0.4) is 0 Å². The Morgan fingerprint density at radius 3 is 2.60 bits per heavy atom. The standard InChI is InChI=1S/C20H27NO4/c1-5-24-19(22)17(13-21)18(14-6-8-16(23-4)9-7-14)15-10-11-25-20(2,3)12-15/h6-9,15,17-18H,5,10-12H2,1-4H3/t15-,17+,18-/m1/s1. The molecule has 1 aromatic carbocycles. The van der Waals surface area contributed by atoms with Gasteiger partial charge in [0, 0.05) is 12.5 Å². The van der Waals surface area contributed by atoms with E-state index in [-0.39, 0.29) is 24.0 Å². The van der Waals surface area contributed by atoms with Crippen molar-refractivity contribution in [3.05, 3.63) is 29.8 Å². The fourth-order valence-electron chi connectivity index (χ4n) is 3.66. The zero-order valence-corrected chi connectivity index (χ0v) is 15.5. The van der Waals surface area contributed by atoms with Gasteiger partial charge < -0.3 is 14.2 Å². The summed E-state index contributed by atoms with van der Waals surface area (Å²) in [4.78, 5) is 12.4. The first-order valence-electron chi connectivity index (χ1n) is 8.76. The van der Waals surface area contributed by atoms with Gasteiger partial charge in [0.05, 0.1) is 25.4 Å². The number of nitriles is 1. The molecule has 1 saturated heterocycles. The van der Waals surface area contributed by atoms with Crippen LogP contribution >= 0.6 is 0 Å². The average molecular weight is 345 g/mol. The maximum absolute atomic E-state index is 12.4. The molecule has 1 heterocycles. The number of methoxy groups -OCH3 is 1. The minimum atomic E-state index is -0.827. The summed E-state index contributed by atoms with van der Waals surface area (Å²) >= 11 is 0. The van der Waals surface area contributed by atoms with Crippen LogP contribution in [0.5, 0.6) is 5.75 Å². The molecule has 136 valence electrons. The van der Waals surface area contributed by atoms with Crippen molar-refractivity contribution in [2.75, 3.05) is 20.3 Å². The summed E-state index contributed by atoms with van der Waals surface area (Å²) in [6.45, 7) is 6.76. The van der Waals surface area contributed by atoms with E-state index >= 15 is 0 Å². The number of rotatable bonds is 6. The van der Waals surface area contributed by atoms with Gasteiger partial charge in [-0.05, 0) is 57.2 Å². The topological polar surface area (TPSA) is 68.6 Å². The van der Waals surface area contributed by atoms with E-state index in [0.29, 0.717) is 6.61 Å². The minimum absolute atomic E-state index is 0.172. The molecular weight excluding hydrogens is 318 g/mol. The number of esters is 1. The molecule has 25 heavy (non-hydrogen) atoms. The Morgan fingerprint density at radius 1 is 1.40 bits per heavy atom. The Kier molecular flexibility index (Phi) is 6.44. The van der Waals surface area contributed by atoms with Crippen LogP contribution < -0.4 is 4.74 Å². The molecule has 0 bridgehead atoms. The van der Waals surface area contributed by atoms with Gasteiger partial charge in [0.15, 0.2) is 5.92 Å². The Labute approximate surface area is 149 Å². The lowest BCUT2D eigenvalue weighted by atomic mass is 9.71. The first kappa shape index (κ1) is 19.3. The lowest BCUT2D eigenvalue weighted by molar-refractivity contribution is -0.148. The van der Waals surface area contributed by atoms with Crippen LogP contribution in [0.1, 0.15) is 45.1 Å². The summed E-state index contributed by atoms with van der Waals surface area (Å²) in [6.07, 6.45) is 1.61. The summed E-state index contributed by atoms with van der Waals surface area (Å²) in [5, 5.41) is 9.71. The van der Waals surface area contributed by atoms with Crippen molar-refractivity contribution in [1.82, 2.24) is 0 Å². The Hall–Kier alpha value is -2.06. The molecule has 0 aliphatic carbocycles. The summed E-state index contributed by atoms with van der Waals surface area (Å²) in [6, 6.07) is 9.81. The highest BCUT2D eigenvalue weighted by Gasteiger charge is 2.41. The molecule has 1 fully saturated rings. The molecule has 0 unspecified atom stereocenters. The zero-order valence-electron chi connectivity index (χ0n) is 15.5. The number of hydrogen-bond acceptors (Lipinski definition) is 5. The van der Waals surface area contributed by atoms with E-state index in [0.717, 1.165) is 24.2 Å². The number of nitrogens with zero attached hydrogens (tertiary/aromatic N) is 1. The predicted octanol–water partition coefficient (Wildman–Crippen LogP) is 3.69. The molecule has 0 radical (unpaired) electrons. The van der Waals surface area contributed by atoms with E-state index in [1.807, 2.05) is 24.3 Å². The van der Waals surface area contributed by atoms with Crippen LogP contribution in [0.15, 0.2) is 24.3 Å². The molecule has 1 aliphatic rings. The van der Waals surface area contributed by atoms with Gasteiger partial charge in [-0.3, -0.25) is 4.79 Å². The van der Waals surface area contributed by atoms with Gasteiger partial charge in [0.2, 0.25) is 0 Å². The van der Waals surface area contributed by atoms with Gasteiger partial charge in [0.25, 0.3) is 0 Å². The van der Waals surface area contributed by atoms with E-state index in [4.69, 9.17) is 14.2 Å². The van der Waals surface area contributed by atoms with E-state index in [9.17, 15) is 10.1 Å². The molecule has 5 nitrogen and oxygen atoms in total. The van der Waals surface area contributed by atoms with Crippen LogP contribution in [0.4, 0.5) is 0 Å². The second-order valence-electron chi connectivity index (χ2n) is 7.02. The SMILES string of the molecule is CCOC(=O)[C@@H](C#N)[C@H](c1ccc(OC)cc1)[C@@H]1CCOC(C)(C)C1. The second kappa shape index (κ2) is 8.35. The molecule has 0 N–H and O–H groups in total. The quantitative estimate of drug-likeness (QED) is 0.736. The fourth-order valence-corrected chi connectivity index (χ4v) is 3.66. The molecule has 0 saturated carbocycles. The van der Waals surface area contributed by atoms with Crippen LogP contribution in [0.2, 0.25) is 0 Å². The zero-order chi connectivity index (χ0) is 18.4. The van der Waals surface area contributed by atoms with E-state index < -0.39 is 11.9 Å². The van der Waals surface area contributed by atoms with Crippen molar-refractivity contribution < 1.29 is 19.0 Å². The lowest BCUT2D eigenvalue weighted by Gasteiger charge is -2.40. The van der Waals surface area contributed by atoms with Crippen molar-refractivity contribution >= 4 is 5.97 Å². The molecule has 3 atom stereocenters. The first-order valence-corrected chi connectivity index (χ1v) is 8.76. The molecule has 2 rings (SSSR count). The summed E-state index contributed by atoms with van der Waals surface area (Å²) in [7, 11) is 1.62. The third kappa shape index (κ3) is 4.73. The van der Waals surface area contributed by atoms with Crippen LogP contribution in [0, 0.1) is 23.2 Å². The molecule has 5 heteroatoms. The first-order chi connectivity index (χ1) is 11.9. The van der Waals surface area contributed by atoms with Crippen molar-refractivity contribution in [3.8, 4) is 11.8 Å². The largest absolute Gasteiger partial charge is 0.497 e. The molecular formula is C20H27NO4. The fraction of sp³-hybridized carbons (Fsp3) is 0.600. The number of ether oxygens (including phenoxy) is 3. The van der Waals surface area contributed by atoms with Gasteiger partial charge in [0.1, 0.15) is 5.75 Å². The number of benzene rings is 1. The number of carbonyl (C=O) groups is 1. The van der Waals surface area contributed by atoms with E-state index in [1.54, 1.807) is 14.0 Å². The van der Waals surface area contributed by atoms with E-state index in [2.05, 4.69) is 19.9 Å². The number of carbonyl (C=O) groups excluding carboxylic acids is 1. The predicted molar refractivity (Wildman–Crippen MR) is 94.2 cm³/mol. The molecule has 0 amide bonds. The molecule has 1 aliphatic heterocycles. The van der Waals surface area contributed by atoms with Crippen LogP contribution in [-0.4, -0.2) is 31.9 Å². The van der Waals surface area contributed by atoms with Gasteiger partial charge in [-0.2, -0.15) is 5.26 Å². The number of hydrogen-bond donors (Lipinski definition) is 0. The average Bonchev–Trinajstić information content (AvgIpc) is 2.59. The third-order valence-electron chi connectivity index (χ3n) is 4.78. The van der Waals surface area contributed by atoms with Crippen molar-refractivity contribution in [1.29, 1.82) is 5.26 Å². The van der Waals surface area contributed by atoms with Gasteiger partial charge >= 0.3 is 5.97 Å². The Bertz CT molecular complexity index is 618. The summed E-state index contributed by atoms with van der Waals surface area (Å²) in [5.74, 6) is -0.578. The third-order valence-corrected chi connectivity index (χ3v) is 4.78. The molecule has 0 aromatic heterocycles. The molecule has 1 aromatic rings. The van der Waals surface area contributed by atoms with Gasteiger partial charge in [-0.25, -0.2) is 0 Å². The lowest BCUT2D eigenvalue weighted by Crippen LogP contribution is -2.39. The van der Waals surface area contributed by atoms with Crippen LogP contribution in [0.25, 0.3) is 0 Å². The normalized spacial score (nSPS) is 21.6. The maximum Gasteiger partial charge on any atom is 0.323 e. The van der Waals surface area contributed by atoms with Crippen LogP contribution in [-0.2, 0) is 14.3 Å². The highest BCUT2D eigenvalue weighted by molar-refractivity contribution is 5.76. The smallest absolute Gasteiger partial charge is 0.323 e. The summed E-state index contributed by atoms with van der Waals surface area (Å²) < 4.78 is 16.2. The second-order valence-corrected chi connectivity index (χ2v) is 7.02. The van der Waals surface area contributed by atoms with Crippen molar-refractivity contribution in [3.63, 3.8) is 0 Å². The van der Waals surface area contributed by atoms with Gasteiger partial charge in [-0.1, -0.05) is 12.1 Å². The minimum Gasteiger partial charge on any atom is -0.497 e. The highest BCUT2D eigenvalue weighted by Crippen LogP contribution is 2.42. The molecule has 0 spiro atoms.